The summed E-state index contributed by atoms with van der Waals surface area (Å²) in [5.41, 5.74) is 2.45. The average Bonchev–Trinajstić information content (AvgIpc) is 2.97. The zero-order chi connectivity index (χ0) is 17.3. The van der Waals surface area contributed by atoms with Gasteiger partial charge in [-0.25, -0.2) is 0 Å². The number of nitrogens with one attached hydrogen (secondary N) is 1. The second kappa shape index (κ2) is 6.45. The fourth-order valence-electron chi connectivity index (χ4n) is 3.02. The van der Waals surface area contributed by atoms with Gasteiger partial charge in [0.2, 0.25) is 0 Å². The Hall–Kier alpha value is -2.67. The minimum atomic E-state index is -1.09. The molecule has 3 rings (SSSR count). The van der Waals surface area contributed by atoms with Gasteiger partial charge in [-0.05, 0) is 13.3 Å². The van der Waals surface area contributed by atoms with E-state index >= 15 is 0 Å². The molecule has 1 aromatic heterocycles. The first kappa shape index (κ1) is 16.2. The fourth-order valence-corrected chi connectivity index (χ4v) is 3.02. The van der Waals surface area contributed by atoms with Crippen molar-refractivity contribution in [3.8, 4) is 11.3 Å². The van der Waals surface area contributed by atoms with Gasteiger partial charge in [0, 0.05) is 24.3 Å². The third kappa shape index (κ3) is 2.90. The highest BCUT2D eigenvalue weighted by Gasteiger charge is 2.36. The number of aryl methyl sites for hydroxylation is 1. The van der Waals surface area contributed by atoms with Crippen LogP contribution in [-0.2, 0) is 4.79 Å². The maximum atomic E-state index is 12.9. The largest absolute Gasteiger partial charge is 0.481 e. The second-order valence-corrected chi connectivity index (χ2v) is 5.99. The summed E-state index contributed by atoms with van der Waals surface area (Å²) in [6, 6.07) is 9.35. The summed E-state index contributed by atoms with van der Waals surface area (Å²) in [5.74, 6) is -2.32. The van der Waals surface area contributed by atoms with Crippen molar-refractivity contribution in [3.05, 3.63) is 41.6 Å². The molecule has 126 valence electrons. The Morgan fingerprint density at radius 3 is 2.67 bits per heavy atom. The van der Waals surface area contributed by atoms with Gasteiger partial charge in [0.15, 0.2) is 0 Å². The van der Waals surface area contributed by atoms with Gasteiger partial charge in [0.05, 0.1) is 11.7 Å². The lowest BCUT2D eigenvalue weighted by molar-refractivity contribution is -0.148. The minimum Gasteiger partial charge on any atom is -0.481 e. The molecule has 1 amide bonds. The van der Waals surface area contributed by atoms with Crippen LogP contribution in [0.15, 0.2) is 30.3 Å². The lowest BCUT2D eigenvalue weighted by Gasteiger charge is -2.34. The number of aliphatic carboxylic acids is 1. The molecule has 0 spiro atoms. The van der Waals surface area contributed by atoms with Crippen molar-refractivity contribution in [1.29, 1.82) is 0 Å². The van der Waals surface area contributed by atoms with Gasteiger partial charge in [0.1, 0.15) is 11.6 Å². The molecule has 1 saturated heterocycles. The van der Waals surface area contributed by atoms with Crippen LogP contribution in [-0.4, -0.2) is 56.4 Å². The number of aliphatic hydroxyl groups is 1. The van der Waals surface area contributed by atoms with Crippen LogP contribution in [0.4, 0.5) is 0 Å². The molecule has 1 aliphatic rings. The fraction of sp³-hybridized carbons (Fsp3) is 0.353. The molecule has 1 aromatic carbocycles. The highest BCUT2D eigenvalue weighted by Crippen LogP contribution is 2.27. The Morgan fingerprint density at radius 1 is 1.29 bits per heavy atom. The van der Waals surface area contributed by atoms with E-state index in [-0.39, 0.29) is 18.9 Å². The Balaban J connectivity index is 1.91. The molecule has 2 heterocycles. The molecule has 2 atom stereocenters. The van der Waals surface area contributed by atoms with Crippen LogP contribution in [0.1, 0.15) is 22.5 Å². The van der Waals surface area contributed by atoms with Crippen LogP contribution in [0.3, 0.4) is 0 Å². The number of carboxylic acids is 1. The number of rotatable bonds is 3. The average molecular weight is 329 g/mol. The SMILES string of the molecule is Cc1[nH]nc(-c2ccccc2)c1C(=O)N1CC[C@H](O)[C@H](C(=O)O)C1. The van der Waals surface area contributed by atoms with Gasteiger partial charge in [0.25, 0.3) is 5.91 Å². The van der Waals surface area contributed by atoms with Crippen LogP contribution in [0.2, 0.25) is 0 Å². The van der Waals surface area contributed by atoms with E-state index < -0.39 is 18.0 Å². The Labute approximate surface area is 138 Å². The van der Waals surface area contributed by atoms with Gasteiger partial charge >= 0.3 is 5.97 Å². The summed E-state index contributed by atoms with van der Waals surface area (Å²) >= 11 is 0. The van der Waals surface area contributed by atoms with Gasteiger partial charge in [-0.1, -0.05) is 30.3 Å². The van der Waals surface area contributed by atoms with E-state index in [4.69, 9.17) is 0 Å². The number of aromatic amines is 1. The van der Waals surface area contributed by atoms with Crippen LogP contribution < -0.4 is 0 Å². The summed E-state index contributed by atoms with van der Waals surface area (Å²) in [4.78, 5) is 25.7. The van der Waals surface area contributed by atoms with Crippen LogP contribution in [0.5, 0.6) is 0 Å². The Morgan fingerprint density at radius 2 is 2.00 bits per heavy atom. The minimum absolute atomic E-state index is 0.00577. The maximum Gasteiger partial charge on any atom is 0.310 e. The van der Waals surface area contributed by atoms with Gasteiger partial charge in [-0.2, -0.15) is 5.10 Å². The van der Waals surface area contributed by atoms with Crippen molar-refractivity contribution in [3.63, 3.8) is 0 Å². The molecule has 24 heavy (non-hydrogen) atoms. The van der Waals surface area contributed by atoms with E-state index in [9.17, 15) is 19.8 Å². The molecule has 0 aliphatic carbocycles. The van der Waals surface area contributed by atoms with Crippen molar-refractivity contribution >= 4 is 11.9 Å². The lowest BCUT2D eigenvalue weighted by Crippen LogP contribution is -2.48. The predicted molar refractivity (Wildman–Crippen MR) is 86.4 cm³/mol. The van der Waals surface area contributed by atoms with Crippen molar-refractivity contribution in [2.75, 3.05) is 13.1 Å². The number of aromatic nitrogens is 2. The molecule has 2 aromatic rings. The quantitative estimate of drug-likeness (QED) is 0.787. The molecule has 7 nitrogen and oxygen atoms in total. The van der Waals surface area contributed by atoms with Crippen molar-refractivity contribution in [1.82, 2.24) is 15.1 Å². The van der Waals surface area contributed by atoms with E-state index in [1.807, 2.05) is 30.3 Å². The standard InChI is InChI=1S/C17H19N3O4/c1-10-14(15(19-18-10)11-5-3-2-4-6-11)16(22)20-8-7-13(21)12(9-20)17(23)24/h2-6,12-13,21H,7-9H2,1H3,(H,18,19)(H,23,24)/t12-,13+/m1/s1. The van der Waals surface area contributed by atoms with E-state index in [1.165, 1.54) is 4.90 Å². The zero-order valence-electron chi connectivity index (χ0n) is 13.3. The number of carbonyl (C=O) groups is 2. The van der Waals surface area contributed by atoms with E-state index in [1.54, 1.807) is 6.92 Å². The molecular weight excluding hydrogens is 310 g/mol. The number of H-pyrrole nitrogens is 1. The molecule has 0 bridgehead atoms. The van der Waals surface area contributed by atoms with E-state index in [2.05, 4.69) is 10.2 Å². The third-order valence-electron chi connectivity index (χ3n) is 4.39. The summed E-state index contributed by atoms with van der Waals surface area (Å²) in [5, 5.41) is 26.1. The molecule has 3 N–H and O–H groups in total. The zero-order valence-corrected chi connectivity index (χ0v) is 13.3. The molecule has 0 saturated carbocycles. The molecular formula is C17H19N3O4. The maximum absolute atomic E-state index is 12.9. The van der Waals surface area contributed by atoms with E-state index in [0.717, 1.165) is 5.56 Å². The van der Waals surface area contributed by atoms with Crippen molar-refractivity contribution < 1.29 is 19.8 Å². The van der Waals surface area contributed by atoms with Gasteiger partial charge < -0.3 is 15.1 Å². The molecule has 0 radical (unpaired) electrons. The summed E-state index contributed by atoms with van der Waals surface area (Å²) in [7, 11) is 0. The number of amides is 1. The number of hydrogen-bond acceptors (Lipinski definition) is 4. The molecule has 0 unspecified atom stereocenters. The Bertz CT molecular complexity index is 756. The number of nitrogens with zero attached hydrogens (tertiary/aromatic N) is 2. The Kier molecular flexibility index (Phi) is 4.35. The monoisotopic (exact) mass is 329 g/mol. The summed E-state index contributed by atoms with van der Waals surface area (Å²) in [6.45, 7) is 2.08. The van der Waals surface area contributed by atoms with Gasteiger partial charge in [-0.3, -0.25) is 14.7 Å². The first-order valence-corrected chi connectivity index (χ1v) is 7.79. The number of carbonyl (C=O) groups excluding carboxylic acids is 1. The number of hydrogen-bond donors (Lipinski definition) is 3. The van der Waals surface area contributed by atoms with Crippen molar-refractivity contribution in [2.45, 2.75) is 19.4 Å². The number of aliphatic hydroxyl groups excluding tert-OH is 1. The van der Waals surface area contributed by atoms with Crippen LogP contribution in [0.25, 0.3) is 11.3 Å². The number of carboxylic acid groups (broad SMARTS) is 1. The number of likely N-dealkylation sites (tertiary alicyclic amines) is 1. The highest BCUT2D eigenvalue weighted by atomic mass is 16.4. The summed E-state index contributed by atoms with van der Waals surface area (Å²) in [6.07, 6.45) is -0.675. The first-order chi connectivity index (χ1) is 11.5. The van der Waals surface area contributed by atoms with Crippen LogP contribution >= 0.6 is 0 Å². The number of piperidine rings is 1. The normalized spacial score (nSPS) is 20.8. The second-order valence-electron chi connectivity index (χ2n) is 5.99. The van der Waals surface area contributed by atoms with E-state index in [0.29, 0.717) is 23.5 Å². The first-order valence-electron chi connectivity index (χ1n) is 7.79. The predicted octanol–water partition coefficient (Wildman–Crippen LogP) is 1.29. The molecule has 1 aliphatic heterocycles. The highest BCUT2D eigenvalue weighted by molar-refractivity contribution is 6.01. The number of benzene rings is 1. The summed E-state index contributed by atoms with van der Waals surface area (Å²) < 4.78 is 0. The molecule has 1 fully saturated rings. The van der Waals surface area contributed by atoms with Crippen molar-refractivity contribution in [2.24, 2.45) is 5.92 Å². The van der Waals surface area contributed by atoms with Crippen LogP contribution in [0, 0.1) is 12.8 Å². The van der Waals surface area contributed by atoms with Gasteiger partial charge in [-0.15, -0.1) is 0 Å². The third-order valence-corrected chi connectivity index (χ3v) is 4.39. The topological polar surface area (TPSA) is 107 Å². The molecule has 7 heteroatoms. The smallest absolute Gasteiger partial charge is 0.310 e. The lowest BCUT2D eigenvalue weighted by atomic mass is 9.94.